The molecule has 0 heterocycles. The highest BCUT2D eigenvalue weighted by atomic mass is 19.1. The number of rotatable bonds is 1. The maximum absolute atomic E-state index is 13.7. The number of aryl methyl sites for hydroxylation is 2. The van der Waals surface area contributed by atoms with Gasteiger partial charge in [-0.05, 0) is 54.8 Å². The summed E-state index contributed by atoms with van der Waals surface area (Å²) in [5.74, 6) is -1.85. The van der Waals surface area contributed by atoms with Crippen LogP contribution in [0.15, 0.2) is 30.3 Å². The summed E-state index contributed by atoms with van der Waals surface area (Å²) in [6.07, 6.45) is 0. The second kappa shape index (κ2) is 4.24. The molecule has 0 atom stereocenters. The number of halogens is 3. The van der Waals surface area contributed by atoms with E-state index in [9.17, 15) is 13.2 Å². The third-order valence-electron chi connectivity index (χ3n) is 2.66. The molecule has 88 valence electrons. The summed E-state index contributed by atoms with van der Waals surface area (Å²) in [6.45, 7) is 3.29. The van der Waals surface area contributed by atoms with Crippen molar-refractivity contribution in [2.75, 3.05) is 0 Å². The van der Waals surface area contributed by atoms with Crippen molar-refractivity contribution in [3.63, 3.8) is 0 Å². The lowest BCUT2D eigenvalue weighted by molar-refractivity contribution is 0.586. The minimum absolute atomic E-state index is 0.174. The van der Waals surface area contributed by atoms with Crippen molar-refractivity contribution >= 4 is 0 Å². The van der Waals surface area contributed by atoms with Crippen LogP contribution in [0, 0.1) is 31.3 Å². The lowest BCUT2D eigenvalue weighted by atomic mass is 9.98. The molecule has 2 aromatic rings. The van der Waals surface area contributed by atoms with Crippen LogP contribution in [0.3, 0.4) is 0 Å². The highest BCUT2D eigenvalue weighted by Crippen LogP contribution is 2.30. The van der Waals surface area contributed by atoms with Gasteiger partial charge < -0.3 is 0 Å². The molecule has 0 saturated carbocycles. The minimum atomic E-state index is -0.670. The quantitative estimate of drug-likeness (QED) is 0.689. The molecule has 0 unspecified atom stereocenters. The summed E-state index contributed by atoms with van der Waals surface area (Å²) in [5.41, 5.74) is 1.21. The van der Waals surface area contributed by atoms with E-state index in [-0.39, 0.29) is 11.1 Å². The van der Waals surface area contributed by atoms with Crippen LogP contribution in [-0.4, -0.2) is 0 Å². The highest BCUT2D eigenvalue weighted by molar-refractivity contribution is 5.68. The van der Waals surface area contributed by atoms with Crippen LogP contribution in [0.5, 0.6) is 0 Å². The third kappa shape index (κ3) is 2.18. The molecule has 0 radical (unpaired) electrons. The standard InChI is InChI=1S/C14H11F3/c1-8-5-12(16)14(13(17)6-8)11-7-10(15)4-3-9(11)2/h3-7H,1-2H3. The summed E-state index contributed by atoms with van der Waals surface area (Å²) >= 11 is 0. The lowest BCUT2D eigenvalue weighted by Crippen LogP contribution is -1.94. The first-order valence-corrected chi connectivity index (χ1v) is 5.21. The van der Waals surface area contributed by atoms with Crippen molar-refractivity contribution in [1.82, 2.24) is 0 Å². The summed E-state index contributed by atoms with van der Waals surface area (Å²) < 4.78 is 40.6. The summed E-state index contributed by atoms with van der Waals surface area (Å²) in [4.78, 5) is 0. The van der Waals surface area contributed by atoms with Crippen molar-refractivity contribution in [1.29, 1.82) is 0 Å². The smallest absolute Gasteiger partial charge is 0.134 e. The molecule has 0 fully saturated rings. The molecule has 3 heteroatoms. The normalized spacial score (nSPS) is 10.6. The van der Waals surface area contributed by atoms with E-state index in [2.05, 4.69) is 0 Å². The Bertz CT molecular complexity index is 551. The molecule has 17 heavy (non-hydrogen) atoms. The van der Waals surface area contributed by atoms with E-state index in [4.69, 9.17) is 0 Å². The first-order valence-electron chi connectivity index (χ1n) is 5.21. The van der Waals surface area contributed by atoms with Crippen LogP contribution in [-0.2, 0) is 0 Å². The Morgan fingerprint density at radius 2 is 1.41 bits per heavy atom. The number of hydrogen-bond acceptors (Lipinski definition) is 0. The second-order valence-electron chi connectivity index (χ2n) is 4.06. The molecule has 0 amide bonds. The first kappa shape index (κ1) is 11.7. The van der Waals surface area contributed by atoms with E-state index >= 15 is 0 Å². The van der Waals surface area contributed by atoms with E-state index in [1.54, 1.807) is 13.8 Å². The Morgan fingerprint density at radius 1 is 0.824 bits per heavy atom. The molecule has 2 aromatic carbocycles. The van der Waals surface area contributed by atoms with E-state index < -0.39 is 17.5 Å². The topological polar surface area (TPSA) is 0 Å². The Kier molecular flexibility index (Phi) is 2.92. The van der Waals surface area contributed by atoms with Crippen LogP contribution >= 0.6 is 0 Å². The minimum Gasteiger partial charge on any atom is -0.207 e. The van der Waals surface area contributed by atoms with Crippen LogP contribution in [0.2, 0.25) is 0 Å². The van der Waals surface area contributed by atoms with Crippen molar-refractivity contribution in [2.24, 2.45) is 0 Å². The number of hydrogen-bond donors (Lipinski definition) is 0. The molecular formula is C14H11F3. The Hall–Kier alpha value is -1.77. The van der Waals surface area contributed by atoms with E-state index in [0.717, 1.165) is 6.07 Å². The van der Waals surface area contributed by atoms with Gasteiger partial charge in [-0.1, -0.05) is 6.07 Å². The Morgan fingerprint density at radius 3 is 2.00 bits per heavy atom. The van der Waals surface area contributed by atoms with Crippen LogP contribution in [0.4, 0.5) is 13.2 Å². The molecule has 0 bridgehead atoms. The van der Waals surface area contributed by atoms with Gasteiger partial charge in [0.2, 0.25) is 0 Å². The summed E-state index contributed by atoms with van der Waals surface area (Å²) in [5, 5.41) is 0. The largest absolute Gasteiger partial charge is 0.207 e. The molecular weight excluding hydrogens is 225 g/mol. The van der Waals surface area contributed by atoms with Gasteiger partial charge >= 0.3 is 0 Å². The van der Waals surface area contributed by atoms with Crippen LogP contribution in [0.25, 0.3) is 11.1 Å². The highest BCUT2D eigenvalue weighted by Gasteiger charge is 2.14. The predicted octanol–water partition coefficient (Wildman–Crippen LogP) is 4.39. The average Bonchev–Trinajstić information content (AvgIpc) is 2.21. The zero-order chi connectivity index (χ0) is 12.6. The van der Waals surface area contributed by atoms with Gasteiger partial charge in [0.15, 0.2) is 0 Å². The molecule has 0 nitrogen and oxygen atoms in total. The van der Waals surface area contributed by atoms with Gasteiger partial charge in [-0.3, -0.25) is 0 Å². The fourth-order valence-corrected chi connectivity index (χ4v) is 1.82. The second-order valence-corrected chi connectivity index (χ2v) is 4.06. The predicted molar refractivity (Wildman–Crippen MR) is 61.2 cm³/mol. The van der Waals surface area contributed by atoms with Crippen molar-refractivity contribution in [2.45, 2.75) is 13.8 Å². The molecule has 0 aliphatic rings. The molecule has 0 aliphatic heterocycles. The van der Waals surface area contributed by atoms with Gasteiger partial charge in [0, 0.05) is 0 Å². The lowest BCUT2D eigenvalue weighted by Gasteiger charge is -2.09. The maximum Gasteiger partial charge on any atom is 0.134 e. The molecule has 0 saturated heterocycles. The average molecular weight is 236 g/mol. The maximum atomic E-state index is 13.7. The Balaban J connectivity index is 2.72. The zero-order valence-corrected chi connectivity index (χ0v) is 9.52. The van der Waals surface area contributed by atoms with E-state index in [1.807, 2.05) is 0 Å². The molecule has 0 spiro atoms. The SMILES string of the molecule is Cc1cc(F)c(-c2cc(F)ccc2C)c(F)c1. The first-order chi connectivity index (χ1) is 7.99. The zero-order valence-electron chi connectivity index (χ0n) is 9.52. The summed E-state index contributed by atoms with van der Waals surface area (Å²) in [7, 11) is 0. The van der Waals surface area contributed by atoms with Crippen molar-refractivity contribution in [3.8, 4) is 11.1 Å². The van der Waals surface area contributed by atoms with E-state index in [1.165, 1.54) is 24.3 Å². The monoisotopic (exact) mass is 236 g/mol. The fraction of sp³-hybridized carbons (Fsp3) is 0.143. The van der Waals surface area contributed by atoms with Gasteiger partial charge in [0.1, 0.15) is 17.5 Å². The Labute approximate surface area is 97.7 Å². The fourth-order valence-electron chi connectivity index (χ4n) is 1.82. The number of benzene rings is 2. The van der Waals surface area contributed by atoms with E-state index in [0.29, 0.717) is 11.1 Å². The van der Waals surface area contributed by atoms with Crippen molar-refractivity contribution in [3.05, 3.63) is 58.9 Å². The molecule has 2 rings (SSSR count). The third-order valence-corrected chi connectivity index (χ3v) is 2.66. The van der Waals surface area contributed by atoms with Crippen LogP contribution in [0.1, 0.15) is 11.1 Å². The van der Waals surface area contributed by atoms with Crippen LogP contribution < -0.4 is 0 Å². The van der Waals surface area contributed by atoms with Gasteiger partial charge in [-0.25, -0.2) is 13.2 Å². The van der Waals surface area contributed by atoms with Gasteiger partial charge in [0.25, 0.3) is 0 Å². The molecule has 0 aliphatic carbocycles. The van der Waals surface area contributed by atoms with Crippen molar-refractivity contribution < 1.29 is 13.2 Å². The van der Waals surface area contributed by atoms with Gasteiger partial charge in [-0.2, -0.15) is 0 Å². The van der Waals surface area contributed by atoms with Gasteiger partial charge in [-0.15, -0.1) is 0 Å². The summed E-state index contributed by atoms with van der Waals surface area (Å²) in [6, 6.07) is 6.39. The molecule has 0 N–H and O–H groups in total. The van der Waals surface area contributed by atoms with Gasteiger partial charge in [0.05, 0.1) is 5.56 Å². The molecule has 0 aromatic heterocycles.